The average molecular weight is 459 g/mol. The number of hydrogen-bond acceptors (Lipinski definition) is 2. The van der Waals surface area contributed by atoms with Gasteiger partial charge in [-0.2, -0.15) is 0 Å². The molecule has 34 heavy (non-hydrogen) atoms. The second-order valence-electron chi connectivity index (χ2n) is 9.08. The minimum atomic E-state index is -0.284. The van der Waals surface area contributed by atoms with Crippen LogP contribution in [0.15, 0.2) is 79.0 Å². The molecule has 4 rings (SSSR count). The summed E-state index contributed by atoms with van der Waals surface area (Å²) in [6.07, 6.45) is 2.44. The first-order valence-corrected chi connectivity index (χ1v) is 11.7. The summed E-state index contributed by atoms with van der Waals surface area (Å²) in [7, 11) is 1.66. The molecule has 0 fully saturated rings. The fourth-order valence-electron chi connectivity index (χ4n) is 4.29. The van der Waals surface area contributed by atoms with E-state index in [0.717, 1.165) is 33.3 Å². The van der Waals surface area contributed by atoms with Crippen molar-refractivity contribution >= 4 is 16.8 Å². The lowest BCUT2D eigenvalue weighted by atomic mass is 9.88. The van der Waals surface area contributed by atoms with E-state index in [1.54, 1.807) is 19.2 Å². The molecule has 4 nitrogen and oxygen atoms in total. The van der Waals surface area contributed by atoms with E-state index in [-0.39, 0.29) is 17.6 Å². The number of halogens is 1. The van der Waals surface area contributed by atoms with Crippen LogP contribution < -0.4 is 10.1 Å². The smallest absolute Gasteiger partial charge is 0.220 e. The van der Waals surface area contributed by atoms with E-state index in [2.05, 4.69) is 54.2 Å². The Morgan fingerprint density at radius 3 is 2.38 bits per heavy atom. The maximum absolute atomic E-state index is 13.7. The van der Waals surface area contributed by atoms with Crippen LogP contribution in [0.1, 0.15) is 42.9 Å². The van der Waals surface area contributed by atoms with Crippen LogP contribution in [-0.2, 0) is 11.3 Å². The van der Waals surface area contributed by atoms with Gasteiger partial charge in [-0.05, 0) is 52.9 Å². The third kappa shape index (κ3) is 5.48. The van der Waals surface area contributed by atoms with Crippen molar-refractivity contribution in [3.63, 3.8) is 0 Å². The van der Waals surface area contributed by atoms with Crippen molar-refractivity contribution in [2.45, 2.75) is 32.7 Å². The Morgan fingerprint density at radius 1 is 1.00 bits per heavy atom. The van der Waals surface area contributed by atoms with Gasteiger partial charge in [0.15, 0.2) is 0 Å². The first-order valence-electron chi connectivity index (χ1n) is 11.7. The Balaban J connectivity index is 1.73. The van der Waals surface area contributed by atoms with Gasteiger partial charge >= 0.3 is 0 Å². The monoisotopic (exact) mass is 458 g/mol. The predicted molar refractivity (Wildman–Crippen MR) is 135 cm³/mol. The van der Waals surface area contributed by atoms with Gasteiger partial charge in [0.1, 0.15) is 11.6 Å². The Bertz CT molecular complexity index is 1240. The number of hydrogen-bond donors (Lipinski definition) is 1. The summed E-state index contributed by atoms with van der Waals surface area (Å²) in [6, 6.07) is 22.8. The number of aromatic nitrogens is 1. The third-order valence-electron chi connectivity index (χ3n) is 6.08. The molecule has 1 aromatic heterocycles. The van der Waals surface area contributed by atoms with E-state index in [0.29, 0.717) is 25.4 Å². The van der Waals surface area contributed by atoms with Gasteiger partial charge in [-0.15, -0.1) is 0 Å². The third-order valence-corrected chi connectivity index (χ3v) is 6.08. The molecule has 0 spiro atoms. The minimum absolute atomic E-state index is 0.00462. The number of carbonyl (C=O) groups excluding carboxylic acids is 1. The highest BCUT2D eigenvalue weighted by molar-refractivity contribution is 5.86. The molecule has 0 aliphatic rings. The Hall–Kier alpha value is -3.60. The Labute approximate surface area is 200 Å². The van der Waals surface area contributed by atoms with Crippen LogP contribution in [0.3, 0.4) is 0 Å². The maximum atomic E-state index is 13.7. The standard InChI is InChI=1S/C29H31FN2O2/c1-20(2)17-31-29(33)16-26(22-10-12-23(30)13-11-22)27-19-32(28-7-5-4-6-25(27)28)18-21-8-14-24(34-3)15-9-21/h4-15,19-20,26H,16-18H2,1-3H3,(H,31,33)/t26-/m1/s1. The fourth-order valence-corrected chi connectivity index (χ4v) is 4.29. The van der Waals surface area contributed by atoms with Crippen LogP contribution in [0.5, 0.6) is 5.75 Å². The number of carbonyl (C=O) groups is 1. The van der Waals surface area contributed by atoms with Crippen LogP contribution in [0, 0.1) is 11.7 Å². The highest BCUT2D eigenvalue weighted by Gasteiger charge is 2.23. The quantitative estimate of drug-likeness (QED) is 0.328. The molecule has 0 aliphatic heterocycles. The number of benzene rings is 3. The van der Waals surface area contributed by atoms with E-state index < -0.39 is 0 Å². The lowest BCUT2D eigenvalue weighted by molar-refractivity contribution is -0.121. The summed E-state index contributed by atoms with van der Waals surface area (Å²) in [6.45, 7) is 5.48. The number of methoxy groups -OCH3 is 1. The van der Waals surface area contributed by atoms with Crippen LogP contribution in [0.2, 0.25) is 0 Å². The molecule has 5 heteroatoms. The van der Waals surface area contributed by atoms with E-state index in [9.17, 15) is 9.18 Å². The largest absolute Gasteiger partial charge is 0.497 e. The summed E-state index contributed by atoms with van der Waals surface area (Å²) in [5.74, 6) is 0.726. The zero-order chi connectivity index (χ0) is 24.1. The molecule has 176 valence electrons. The molecule has 4 aromatic rings. The molecule has 0 aliphatic carbocycles. The van der Waals surface area contributed by atoms with Crippen molar-refractivity contribution in [3.05, 3.63) is 102 Å². The van der Waals surface area contributed by atoms with E-state index >= 15 is 0 Å². The van der Waals surface area contributed by atoms with Crippen LogP contribution >= 0.6 is 0 Å². The number of amides is 1. The average Bonchev–Trinajstić information content (AvgIpc) is 3.20. The number of nitrogens with zero attached hydrogens (tertiary/aromatic N) is 1. The summed E-state index contributed by atoms with van der Waals surface area (Å²) in [5, 5.41) is 4.14. The summed E-state index contributed by atoms with van der Waals surface area (Å²) < 4.78 is 21.2. The molecule has 0 saturated carbocycles. The predicted octanol–water partition coefficient (Wildman–Crippen LogP) is 6.13. The Kier molecular flexibility index (Phi) is 7.31. The molecule has 0 unspecified atom stereocenters. The highest BCUT2D eigenvalue weighted by Crippen LogP contribution is 2.35. The van der Waals surface area contributed by atoms with Crippen molar-refractivity contribution in [3.8, 4) is 5.75 Å². The SMILES string of the molecule is COc1ccc(Cn2cc([C@H](CC(=O)NCC(C)C)c3ccc(F)cc3)c3ccccc32)cc1. The van der Waals surface area contributed by atoms with Gasteiger partial charge in [0.25, 0.3) is 0 Å². The summed E-state index contributed by atoms with van der Waals surface area (Å²) >= 11 is 0. The molecular formula is C29H31FN2O2. The van der Waals surface area contributed by atoms with Crippen molar-refractivity contribution in [2.24, 2.45) is 5.92 Å². The zero-order valence-corrected chi connectivity index (χ0v) is 19.9. The topological polar surface area (TPSA) is 43.3 Å². The number of ether oxygens (including phenoxy) is 1. The lowest BCUT2D eigenvalue weighted by Crippen LogP contribution is -2.28. The van der Waals surface area contributed by atoms with E-state index in [1.807, 2.05) is 24.3 Å². The second kappa shape index (κ2) is 10.6. The first-order chi connectivity index (χ1) is 16.4. The van der Waals surface area contributed by atoms with Gasteiger partial charge in [0.05, 0.1) is 7.11 Å². The minimum Gasteiger partial charge on any atom is -0.497 e. The maximum Gasteiger partial charge on any atom is 0.220 e. The van der Waals surface area contributed by atoms with Gasteiger partial charge in [-0.3, -0.25) is 4.79 Å². The summed E-state index contributed by atoms with van der Waals surface area (Å²) in [5.41, 5.74) is 4.24. The lowest BCUT2D eigenvalue weighted by Gasteiger charge is -2.18. The molecule has 0 saturated heterocycles. The van der Waals surface area contributed by atoms with Gasteiger partial charge in [-0.25, -0.2) is 4.39 Å². The number of fused-ring (bicyclic) bond motifs is 1. The van der Waals surface area contributed by atoms with Gasteiger partial charge < -0.3 is 14.6 Å². The van der Waals surface area contributed by atoms with Crippen molar-refractivity contribution < 1.29 is 13.9 Å². The molecule has 1 atom stereocenters. The van der Waals surface area contributed by atoms with Gasteiger partial charge in [0, 0.05) is 42.5 Å². The summed E-state index contributed by atoms with van der Waals surface area (Å²) in [4.78, 5) is 12.9. The van der Waals surface area contributed by atoms with Crippen molar-refractivity contribution in [1.29, 1.82) is 0 Å². The molecule has 0 bridgehead atoms. The molecule has 0 radical (unpaired) electrons. The van der Waals surface area contributed by atoms with Gasteiger partial charge in [0.2, 0.25) is 5.91 Å². The molecule has 1 amide bonds. The molecule has 1 heterocycles. The zero-order valence-electron chi connectivity index (χ0n) is 19.9. The number of nitrogens with one attached hydrogen (secondary N) is 1. The Morgan fingerprint density at radius 2 is 1.71 bits per heavy atom. The normalized spacial score (nSPS) is 12.1. The van der Waals surface area contributed by atoms with Crippen LogP contribution in [-0.4, -0.2) is 24.1 Å². The van der Waals surface area contributed by atoms with E-state index in [4.69, 9.17) is 4.74 Å². The molecule has 1 N–H and O–H groups in total. The van der Waals surface area contributed by atoms with Crippen LogP contribution in [0.4, 0.5) is 4.39 Å². The molecular weight excluding hydrogens is 427 g/mol. The van der Waals surface area contributed by atoms with Crippen molar-refractivity contribution in [1.82, 2.24) is 9.88 Å². The number of para-hydroxylation sites is 1. The van der Waals surface area contributed by atoms with Crippen LogP contribution in [0.25, 0.3) is 10.9 Å². The van der Waals surface area contributed by atoms with Gasteiger partial charge in [-0.1, -0.05) is 56.3 Å². The van der Waals surface area contributed by atoms with E-state index in [1.165, 1.54) is 12.1 Å². The highest BCUT2D eigenvalue weighted by atomic mass is 19.1. The number of rotatable bonds is 9. The first kappa shape index (κ1) is 23.6. The fraction of sp³-hybridized carbons (Fsp3) is 0.276. The van der Waals surface area contributed by atoms with Crippen molar-refractivity contribution in [2.75, 3.05) is 13.7 Å². The molecule has 3 aromatic carbocycles. The second-order valence-corrected chi connectivity index (χ2v) is 9.08.